The summed E-state index contributed by atoms with van der Waals surface area (Å²) in [5.41, 5.74) is 1.69. The number of fused-ring (bicyclic) bond motifs is 1. The first kappa shape index (κ1) is 15.4. The van der Waals surface area contributed by atoms with Gasteiger partial charge in [-0.2, -0.15) is 10.1 Å². The second-order valence-electron chi connectivity index (χ2n) is 5.35. The first-order valence-electron chi connectivity index (χ1n) is 7.02. The van der Waals surface area contributed by atoms with E-state index in [1.54, 1.807) is 35.4 Å². The van der Waals surface area contributed by atoms with Gasteiger partial charge in [0, 0.05) is 18.9 Å². The molecule has 3 aromatic rings. The van der Waals surface area contributed by atoms with Crippen LogP contribution in [0.5, 0.6) is 0 Å². The van der Waals surface area contributed by atoms with Crippen LogP contribution in [-0.4, -0.2) is 55.8 Å². The number of pyridine rings is 1. The van der Waals surface area contributed by atoms with Crippen LogP contribution < -0.4 is 5.32 Å². The summed E-state index contributed by atoms with van der Waals surface area (Å²) in [7, 11) is 4.00. The highest BCUT2D eigenvalue weighted by Crippen LogP contribution is 2.11. The van der Waals surface area contributed by atoms with Crippen LogP contribution in [0.25, 0.3) is 5.65 Å². The summed E-state index contributed by atoms with van der Waals surface area (Å²) in [6.07, 6.45) is 5.00. The molecule has 0 radical (unpaired) electrons. The molecule has 3 heterocycles. The molecule has 1 amide bonds. The number of rotatable bonds is 5. The lowest BCUT2D eigenvalue weighted by Gasteiger charge is -2.08. The van der Waals surface area contributed by atoms with E-state index in [0.29, 0.717) is 16.9 Å². The van der Waals surface area contributed by atoms with Gasteiger partial charge in [-0.3, -0.25) is 9.48 Å². The molecule has 0 aromatic carbocycles. The van der Waals surface area contributed by atoms with Crippen LogP contribution in [0.4, 0.5) is 5.69 Å². The number of aromatic nitrogens is 5. The number of likely N-dealkylation sites (N-methyl/N-ethyl adjacent to an activating group) is 1. The van der Waals surface area contributed by atoms with E-state index in [9.17, 15) is 4.79 Å². The molecule has 120 valence electrons. The van der Waals surface area contributed by atoms with Crippen molar-refractivity contribution in [3.05, 3.63) is 41.6 Å². The third-order valence-corrected chi connectivity index (χ3v) is 3.39. The first-order chi connectivity index (χ1) is 11.0. The van der Waals surface area contributed by atoms with Gasteiger partial charge in [-0.1, -0.05) is 0 Å². The third kappa shape index (κ3) is 3.66. The maximum absolute atomic E-state index is 12.3. The Morgan fingerprint density at radius 1 is 1.35 bits per heavy atom. The first-order valence-corrected chi connectivity index (χ1v) is 7.39. The van der Waals surface area contributed by atoms with Crippen molar-refractivity contribution in [1.29, 1.82) is 0 Å². The molecule has 0 aliphatic heterocycles. The highest BCUT2D eigenvalue weighted by molar-refractivity contribution is 6.28. The molecule has 0 bridgehead atoms. The van der Waals surface area contributed by atoms with Crippen molar-refractivity contribution in [3.8, 4) is 0 Å². The number of hydrogen-bond acceptors (Lipinski definition) is 5. The average molecular weight is 334 g/mol. The molecule has 0 spiro atoms. The van der Waals surface area contributed by atoms with Gasteiger partial charge in [-0.05, 0) is 37.8 Å². The van der Waals surface area contributed by atoms with E-state index in [-0.39, 0.29) is 11.2 Å². The van der Waals surface area contributed by atoms with Gasteiger partial charge >= 0.3 is 0 Å². The number of carbonyl (C=O) groups is 1. The number of nitrogens with zero attached hydrogens (tertiary/aromatic N) is 6. The summed E-state index contributed by atoms with van der Waals surface area (Å²) >= 11 is 5.74. The number of halogens is 1. The largest absolute Gasteiger partial charge is 0.319 e. The van der Waals surface area contributed by atoms with Crippen molar-refractivity contribution < 1.29 is 4.79 Å². The highest BCUT2D eigenvalue weighted by Gasteiger charge is 2.10. The minimum atomic E-state index is -0.245. The molecule has 0 saturated carbocycles. The standard InChI is InChI=1S/C14H16ClN7O/c1-20(2)5-6-21-9-11(7-16-21)17-13(23)10-3-4-12-18-14(15)19-22(12)8-10/h3-4,7-9H,5-6H2,1-2H3,(H,17,23). The fourth-order valence-corrected chi connectivity index (χ4v) is 2.21. The molecule has 23 heavy (non-hydrogen) atoms. The molecule has 0 aliphatic rings. The summed E-state index contributed by atoms with van der Waals surface area (Å²) in [6, 6.07) is 3.36. The predicted octanol–water partition coefficient (Wildman–Crippen LogP) is 1.39. The number of hydrogen-bond donors (Lipinski definition) is 1. The van der Waals surface area contributed by atoms with E-state index in [1.165, 1.54) is 4.52 Å². The van der Waals surface area contributed by atoms with Crippen LogP contribution in [0, 0.1) is 0 Å². The van der Waals surface area contributed by atoms with Crippen molar-refractivity contribution in [3.63, 3.8) is 0 Å². The highest BCUT2D eigenvalue weighted by atomic mass is 35.5. The Morgan fingerprint density at radius 3 is 2.96 bits per heavy atom. The third-order valence-electron chi connectivity index (χ3n) is 3.23. The molecule has 0 atom stereocenters. The van der Waals surface area contributed by atoms with Gasteiger partial charge in [-0.15, -0.1) is 5.10 Å². The number of nitrogens with one attached hydrogen (secondary N) is 1. The Labute approximate surface area is 137 Å². The van der Waals surface area contributed by atoms with E-state index >= 15 is 0 Å². The number of amides is 1. The minimum Gasteiger partial charge on any atom is -0.319 e. The van der Waals surface area contributed by atoms with E-state index in [4.69, 9.17) is 11.6 Å². The van der Waals surface area contributed by atoms with E-state index in [1.807, 2.05) is 14.1 Å². The second kappa shape index (κ2) is 6.35. The van der Waals surface area contributed by atoms with Crippen molar-refractivity contribution >= 4 is 28.8 Å². The van der Waals surface area contributed by atoms with Crippen molar-refractivity contribution in [1.82, 2.24) is 29.3 Å². The van der Waals surface area contributed by atoms with Crippen LogP contribution in [0.1, 0.15) is 10.4 Å². The fraction of sp³-hybridized carbons (Fsp3) is 0.286. The molecule has 0 aliphatic carbocycles. The van der Waals surface area contributed by atoms with E-state index in [2.05, 4.69) is 25.4 Å². The molecule has 9 heteroatoms. The van der Waals surface area contributed by atoms with Crippen LogP contribution >= 0.6 is 11.6 Å². The zero-order chi connectivity index (χ0) is 16.4. The quantitative estimate of drug-likeness (QED) is 0.763. The average Bonchev–Trinajstić information content (AvgIpc) is 3.09. The molecule has 3 aromatic heterocycles. The van der Waals surface area contributed by atoms with E-state index < -0.39 is 0 Å². The van der Waals surface area contributed by atoms with Gasteiger partial charge in [0.25, 0.3) is 5.91 Å². The topological polar surface area (TPSA) is 80.3 Å². The SMILES string of the molecule is CN(C)CCn1cc(NC(=O)c2ccc3nc(Cl)nn3c2)cn1. The molecule has 8 nitrogen and oxygen atoms in total. The van der Waals surface area contributed by atoms with Gasteiger partial charge < -0.3 is 10.2 Å². The molecule has 3 rings (SSSR count). The Bertz CT molecular complexity index is 839. The Kier molecular flexibility index (Phi) is 4.26. The summed E-state index contributed by atoms with van der Waals surface area (Å²) < 4.78 is 3.26. The lowest BCUT2D eigenvalue weighted by molar-refractivity contribution is 0.102. The Morgan fingerprint density at radius 2 is 2.17 bits per heavy atom. The maximum Gasteiger partial charge on any atom is 0.257 e. The number of carbonyl (C=O) groups excluding carboxylic acids is 1. The normalized spacial score (nSPS) is 11.3. The Hall–Kier alpha value is -2.45. The summed E-state index contributed by atoms with van der Waals surface area (Å²) in [5.74, 6) is -0.245. The Balaban J connectivity index is 1.70. The van der Waals surface area contributed by atoms with Gasteiger partial charge in [0.2, 0.25) is 5.28 Å². The summed E-state index contributed by atoms with van der Waals surface area (Å²) in [6.45, 7) is 1.63. The predicted molar refractivity (Wildman–Crippen MR) is 86.7 cm³/mol. The molecular formula is C14H16ClN7O. The zero-order valence-electron chi connectivity index (χ0n) is 12.8. The molecule has 0 saturated heterocycles. The second-order valence-corrected chi connectivity index (χ2v) is 5.69. The lowest BCUT2D eigenvalue weighted by Crippen LogP contribution is -2.18. The van der Waals surface area contributed by atoms with Crippen molar-refractivity contribution in [2.75, 3.05) is 26.0 Å². The van der Waals surface area contributed by atoms with Crippen molar-refractivity contribution in [2.24, 2.45) is 0 Å². The lowest BCUT2D eigenvalue weighted by atomic mass is 10.2. The van der Waals surface area contributed by atoms with Gasteiger partial charge in [0.05, 0.1) is 24.0 Å². The van der Waals surface area contributed by atoms with Crippen LogP contribution in [-0.2, 0) is 6.54 Å². The molecular weight excluding hydrogens is 318 g/mol. The van der Waals surface area contributed by atoms with Gasteiger partial charge in [-0.25, -0.2) is 4.52 Å². The van der Waals surface area contributed by atoms with Crippen LogP contribution in [0.2, 0.25) is 5.28 Å². The maximum atomic E-state index is 12.3. The minimum absolute atomic E-state index is 0.143. The van der Waals surface area contributed by atoms with E-state index in [0.717, 1.165) is 13.1 Å². The van der Waals surface area contributed by atoms with Crippen LogP contribution in [0.3, 0.4) is 0 Å². The molecule has 0 unspecified atom stereocenters. The van der Waals surface area contributed by atoms with Gasteiger partial charge in [0.15, 0.2) is 5.65 Å². The summed E-state index contributed by atoms with van der Waals surface area (Å²) in [5, 5.41) is 11.1. The molecule has 0 fully saturated rings. The van der Waals surface area contributed by atoms with Crippen molar-refractivity contribution in [2.45, 2.75) is 6.54 Å². The fourth-order valence-electron chi connectivity index (χ4n) is 2.05. The smallest absolute Gasteiger partial charge is 0.257 e. The summed E-state index contributed by atoms with van der Waals surface area (Å²) in [4.78, 5) is 18.4. The molecule has 1 N–H and O–H groups in total. The number of anilines is 1. The monoisotopic (exact) mass is 333 g/mol. The van der Waals surface area contributed by atoms with Gasteiger partial charge in [0.1, 0.15) is 0 Å². The zero-order valence-corrected chi connectivity index (χ0v) is 13.5. The van der Waals surface area contributed by atoms with Crippen LogP contribution in [0.15, 0.2) is 30.7 Å².